The molecule has 160 valence electrons. The molecule has 1 saturated heterocycles. The lowest BCUT2D eigenvalue weighted by Gasteiger charge is -2.36. The van der Waals surface area contributed by atoms with Crippen LogP contribution in [0.5, 0.6) is 17.2 Å². The fraction of sp³-hybridized carbons (Fsp3) is 0.696. The van der Waals surface area contributed by atoms with Gasteiger partial charge in [0.1, 0.15) is 0 Å². The predicted molar refractivity (Wildman–Crippen MR) is 112 cm³/mol. The van der Waals surface area contributed by atoms with E-state index in [2.05, 4.69) is 9.80 Å². The monoisotopic (exact) mass is 402 g/mol. The van der Waals surface area contributed by atoms with Crippen molar-refractivity contribution in [3.8, 4) is 17.2 Å². The van der Waals surface area contributed by atoms with Crippen LogP contribution >= 0.6 is 0 Å². The minimum atomic E-state index is 0.367. The average Bonchev–Trinajstić information content (AvgIpc) is 3.37. The molecule has 1 aliphatic heterocycles. The molecule has 0 N–H and O–H groups in total. The Labute approximate surface area is 174 Å². The molecule has 1 amide bonds. The van der Waals surface area contributed by atoms with Crippen molar-refractivity contribution in [2.45, 2.75) is 38.6 Å². The van der Waals surface area contributed by atoms with Crippen molar-refractivity contribution < 1.29 is 19.0 Å². The highest BCUT2D eigenvalue weighted by molar-refractivity contribution is 5.76. The van der Waals surface area contributed by atoms with E-state index in [0.717, 1.165) is 62.3 Å². The number of ether oxygens (including phenoxy) is 3. The molecule has 3 aliphatic rings. The van der Waals surface area contributed by atoms with E-state index in [1.807, 2.05) is 12.1 Å². The minimum absolute atomic E-state index is 0.367. The van der Waals surface area contributed by atoms with E-state index in [1.165, 1.54) is 25.7 Å². The first-order valence-corrected chi connectivity index (χ1v) is 10.9. The van der Waals surface area contributed by atoms with Crippen LogP contribution in [0, 0.1) is 17.8 Å². The molecule has 4 rings (SSSR count). The first-order chi connectivity index (χ1) is 14.1. The maximum absolute atomic E-state index is 12.8. The van der Waals surface area contributed by atoms with Crippen molar-refractivity contribution in [3.05, 3.63) is 17.7 Å². The third-order valence-corrected chi connectivity index (χ3v) is 7.23. The molecular weight excluding hydrogens is 368 g/mol. The maximum atomic E-state index is 12.8. The van der Waals surface area contributed by atoms with Gasteiger partial charge in [-0.05, 0) is 43.1 Å². The summed E-state index contributed by atoms with van der Waals surface area (Å²) in [7, 11) is 4.92. The highest BCUT2D eigenvalue weighted by Gasteiger charge is 2.40. The van der Waals surface area contributed by atoms with Crippen LogP contribution in [0.3, 0.4) is 0 Å². The number of methoxy groups -OCH3 is 3. The van der Waals surface area contributed by atoms with Gasteiger partial charge in [0.2, 0.25) is 11.7 Å². The number of benzene rings is 1. The van der Waals surface area contributed by atoms with Gasteiger partial charge in [-0.25, -0.2) is 0 Å². The van der Waals surface area contributed by atoms with Gasteiger partial charge in [-0.2, -0.15) is 0 Å². The van der Waals surface area contributed by atoms with Crippen LogP contribution in [-0.2, 0) is 11.3 Å². The zero-order valence-electron chi connectivity index (χ0n) is 18.0. The van der Waals surface area contributed by atoms with Crippen molar-refractivity contribution in [1.29, 1.82) is 0 Å². The number of carbonyl (C=O) groups is 1. The van der Waals surface area contributed by atoms with E-state index in [1.54, 1.807) is 21.3 Å². The lowest BCUT2D eigenvalue weighted by Crippen LogP contribution is -2.48. The van der Waals surface area contributed by atoms with Gasteiger partial charge in [0.25, 0.3) is 0 Å². The van der Waals surface area contributed by atoms with Crippen LogP contribution in [0.4, 0.5) is 0 Å². The molecule has 1 aromatic rings. The second-order valence-electron chi connectivity index (χ2n) is 8.79. The quantitative estimate of drug-likeness (QED) is 0.701. The Bertz CT molecular complexity index is 730. The van der Waals surface area contributed by atoms with E-state index in [4.69, 9.17) is 14.2 Å². The first kappa shape index (κ1) is 20.3. The Morgan fingerprint density at radius 2 is 1.72 bits per heavy atom. The molecule has 6 heteroatoms. The van der Waals surface area contributed by atoms with Gasteiger partial charge in [0, 0.05) is 44.7 Å². The molecule has 1 heterocycles. The molecule has 0 unspecified atom stereocenters. The van der Waals surface area contributed by atoms with Crippen LogP contribution < -0.4 is 14.2 Å². The average molecular weight is 403 g/mol. The molecule has 3 fully saturated rings. The lowest BCUT2D eigenvalue weighted by molar-refractivity contribution is -0.134. The van der Waals surface area contributed by atoms with E-state index in [0.29, 0.717) is 23.3 Å². The van der Waals surface area contributed by atoms with E-state index >= 15 is 0 Å². The fourth-order valence-corrected chi connectivity index (χ4v) is 5.66. The summed E-state index contributed by atoms with van der Waals surface area (Å²) in [4.78, 5) is 17.3. The van der Waals surface area contributed by atoms with Crippen molar-refractivity contribution in [2.75, 3.05) is 47.5 Å². The molecule has 3 atom stereocenters. The van der Waals surface area contributed by atoms with E-state index in [9.17, 15) is 4.79 Å². The van der Waals surface area contributed by atoms with Gasteiger partial charge in [0.15, 0.2) is 11.5 Å². The number of piperazine rings is 1. The number of fused-ring (bicyclic) bond motifs is 2. The summed E-state index contributed by atoms with van der Waals surface area (Å²) in [5, 5.41) is 0. The summed E-state index contributed by atoms with van der Waals surface area (Å²) in [6, 6.07) is 3.96. The summed E-state index contributed by atoms with van der Waals surface area (Å²) in [5.41, 5.74) is 1.08. The van der Waals surface area contributed by atoms with Crippen molar-refractivity contribution in [3.63, 3.8) is 0 Å². The molecule has 1 aromatic carbocycles. The Hall–Kier alpha value is -1.95. The standard InChI is InChI=1S/C23H34N2O4/c1-27-20-7-6-18(22(28-2)23(20)29-3)15-24-8-10-25(11-9-24)21(26)14-19-13-16-4-5-17(19)12-16/h6-7,16-17,19H,4-5,8-15H2,1-3H3/t16-,17-,19-/m1/s1. The second-order valence-corrected chi connectivity index (χ2v) is 8.79. The number of amides is 1. The zero-order chi connectivity index (χ0) is 20.4. The molecule has 2 aliphatic carbocycles. The Morgan fingerprint density at radius 3 is 2.31 bits per heavy atom. The van der Waals surface area contributed by atoms with E-state index in [-0.39, 0.29) is 0 Å². The Balaban J connectivity index is 1.31. The number of hydrogen-bond donors (Lipinski definition) is 0. The van der Waals surface area contributed by atoms with E-state index < -0.39 is 0 Å². The highest BCUT2D eigenvalue weighted by Crippen LogP contribution is 2.49. The van der Waals surface area contributed by atoms with Gasteiger partial charge in [0.05, 0.1) is 21.3 Å². The molecule has 6 nitrogen and oxygen atoms in total. The summed E-state index contributed by atoms with van der Waals surface area (Å²) in [6.07, 6.45) is 6.18. The Morgan fingerprint density at radius 1 is 0.966 bits per heavy atom. The Kier molecular flexibility index (Phi) is 6.18. The van der Waals surface area contributed by atoms with Gasteiger partial charge in [-0.15, -0.1) is 0 Å². The zero-order valence-corrected chi connectivity index (χ0v) is 18.0. The van der Waals surface area contributed by atoms with Crippen LogP contribution in [0.1, 0.15) is 37.7 Å². The van der Waals surface area contributed by atoms with Crippen LogP contribution in [0.15, 0.2) is 12.1 Å². The molecule has 0 aromatic heterocycles. The SMILES string of the molecule is COc1ccc(CN2CCN(C(=O)C[C@H]3C[C@@H]4CC[C@@H]3C4)CC2)c(OC)c1OC. The highest BCUT2D eigenvalue weighted by atomic mass is 16.5. The number of rotatable bonds is 7. The van der Waals surface area contributed by atoms with Gasteiger partial charge in [-0.3, -0.25) is 9.69 Å². The molecular formula is C23H34N2O4. The molecule has 0 radical (unpaired) electrons. The molecule has 2 saturated carbocycles. The maximum Gasteiger partial charge on any atom is 0.222 e. The lowest BCUT2D eigenvalue weighted by atomic mass is 9.86. The third kappa shape index (κ3) is 4.18. The normalized spacial score (nSPS) is 26.6. The fourth-order valence-electron chi connectivity index (χ4n) is 5.66. The number of hydrogen-bond acceptors (Lipinski definition) is 5. The van der Waals surface area contributed by atoms with Crippen molar-refractivity contribution in [2.24, 2.45) is 17.8 Å². The van der Waals surface area contributed by atoms with Gasteiger partial charge in [-0.1, -0.05) is 12.5 Å². The molecule has 2 bridgehead atoms. The summed E-state index contributed by atoms with van der Waals surface area (Å²) < 4.78 is 16.5. The second kappa shape index (κ2) is 8.82. The van der Waals surface area contributed by atoms with Gasteiger partial charge < -0.3 is 19.1 Å². The van der Waals surface area contributed by atoms with Crippen LogP contribution in [0.25, 0.3) is 0 Å². The van der Waals surface area contributed by atoms with Crippen molar-refractivity contribution >= 4 is 5.91 Å². The first-order valence-electron chi connectivity index (χ1n) is 10.9. The van der Waals surface area contributed by atoms with Crippen LogP contribution in [-0.4, -0.2) is 63.2 Å². The minimum Gasteiger partial charge on any atom is -0.493 e. The van der Waals surface area contributed by atoms with Crippen molar-refractivity contribution in [1.82, 2.24) is 9.80 Å². The smallest absolute Gasteiger partial charge is 0.222 e. The summed E-state index contributed by atoms with van der Waals surface area (Å²) in [6.45, 7) is 4.18. The molecule has 29 heavy (non-hydrogen) atoms. The summed E-state index contributed by atoms with van der Waals surface area (Å²) in [5.74, 6) is 4.77. The number of nitrogens with zero attached hydrogens (tertiary/aromatic N) is 2. The van der Waals surface area contributed by atoms with Gasteiger partial charge >= 0.3 is 0 Å². The molecule has 0 spiro atoms. The topological polar surface area (TPSA) is 51.2 Å². The predicted octanol–water partition coefficient (Wildman–Crippen LogP) is 3.18. The third-order valence-electron chi connectivity index (χ3n) is 7.23. The van der Waals surface area contributed by atoms with Crippen LogP contribution in [0.2, 0.25) is 0 Å². The number of carbonyl (C=O) groups excluding carboxylic acids is 1. The largest absolute Gasteiger partial charge is 0.493 e. The summed E-state index contributed by atoms with van der Waals surface area (Å²) >= 11 is 0.